The summed E-state index contributed by atoms with van der Waals surface area (Å²) in [5.74, 6) is -0.625. The summed E-state index contributed by atoms with van der Waals surface area (Å²) in [6, 6.07) is 16.0. The first-order valence-corrected chi connectivity index (χ1v) is 15.1. The Morgan fingerprint density at radius 3 is 2.79 bits per heavy atom. The van der Waals surface area contributed by atoms with Crippen molar-refractivity contribution in [1.29, 1.82) is 0 Å². The number of aliphatic hydroxyl groups is 1. The van der Waals surface area contributed by atoms with Crippen LogP contribution in [0.4, 0.5) is 9.18 Å². The van der Waals surface area contributed by atoms with Crippen LogP contribution in [0.3, 0.4) is 0 Å². The molecule has 0 radical (unpaired) electrons. The van der Waals surface area contributed by atoms with Gasteiger partial charge in [0.1, 0.15) is 11.6 Å². The first kappa shape index (κ1) is 30.8. The normalized spacial score (nSPS) is 17.6. The molecule has 228 valence electrons. The molecule has 0 spiro atoms. The molecule has 3 aromatic carbocycles. The van der Waals surface area contributed by atoms with E-state index in [1.807, 2.05) is 24.3 Å². The van der Waals surface area contributed by atoms with E-state index in [1.165, 1.54) is 12.1 Å². The number of ether oxygens (including phenoxy) is 1. The minimum atomic E-state index is -1.46. The number of carbonyl (C=O) groups is 2. The summed E-state index contributed by atoms with van der Waals surface area (Å²) in [7, 11) is 1.77. The van der Waals surface area contributed by atoms with Crippen LogP contribution in [0, 0.1) is 11.7 Å². The number of benzene rings is 3. The molecule has 10 heteroatoms. The molecule has 1 fully saturated rings. The smallest absolute Gasteiger partial charge is 0.404 e. The first-order chi connectivity index (χ1) is 20.7. The molecule has 5 rings (SSSR count). The van der Waals surface area contributed by atoms with Gasteiger partial charge in [-0.15, -0.1) is 0 Å². The van der Waals surface area contributed by atoms with E-state index in [2.05, 4.69) is 10.6 Å². The minimum Gasteiger partial charge on any atom is -0.493 e. The van der Waals surface area contributed by atoms with Crippen LogP contribution in [0.2, 0.25) is 5.02 Å². The molecule has 3 aromatic rings. The molecule has 43 heavy (non-hydrogen) atoms. The molecule has 2 heterocycles. The second kappa shape index (κ2) is 13.3. The van der Waals surface area contributed by atoms with Gasteiger partial charge < -0.3 is 30.5 Å². The molecule has 8 nitrogen and oxygen atoms in total. The van der Waals surface area contributed by atoms with Crippen molar-refractivity contribution in [3.05, 3.63) is 87.7 Å². The highest BCUT2D eigenvalue weighted by atomic mass is 35.5. The second-order valence-electron chi connectivity index (χ2n) is 11.3. The summed E-state index contributed by atoms with van der Waals surface area (Å²) in [6.07, 6.45) is 1.51. The third-order valence-electron chi connectivity index (χ3n) is 8.50. The fraction of sp³-hybridized carbons (Fsp3) is 0.394. The molecule has 0 bridgehead atoms. The Balaban J connectivity index is 1.50. The molecule has 2 atom stereocenters. The molecule has 2 aliphatic rings. The maximum Gasteiger partial charge on any atom is 0.404 e. The third kappa shape index (κ3) is 6.64. The number of carbonyl (C=O) groups excluding carboxylic acids is 1. The number of carboxylic acid groups (broad SMARTS) is 1. The van der Waals surface area contributed by atoms with Crippen molar-refractivity contribution in [1.82, 2.24) is 15.5 Å². The quantitative estimate of drug-likeness (QED) is 0.223. The molecular weight excluding hydrogens is 573 g/mol. The number of rotatable bonds is 10. The van der Waals surface area contributed by atoms with Gasteiger partial charge in [0.25, 0.3) is 5.91 Å². The Kier molecular flexibility index (Phi) is 9.54. The highest BCUT2D eigenvalue weighted by Gasteiger charge is 2.43. The van der Waals surface area contributed by atoms with Gasteiger partial charge in [0.2, 0.25) is 0 Å². The van der Waals surface area contributed by atoms with Crippen molar-refractivity contribution in [3.63, 3.8) is 0 Å². The zero-order valence-corrected chi connectivity index (χ0v) is 24.9. The Labute approximate surface area is 255 Å². The van der Waals surface area contributed by atoms with Crippen LogP contribution in [0.25, 0.3) is 11.1 Å². The Bertz CT molecular complexity index is 1500. The molecule has 2 amide bonds. The van der Waals surface area contributed by atoms with Gasteiger partial charge >= 0.3 is 6.09 Å². The van der Waals surface area contributed by atoms with Gasteiger partial charge in [-0.3, -0.25) is 4.79 Å². The molecule has 0 unspecified atom stereocenters. The topological polar surface area (TPSA) is 111 Å². The predicted octanol–water partition coefficient (Wildman–Crippen LogP) is 5.59. The fourth-order valence-electron chi connectivity index (χ4n) is 6.38. The zero-order valence-electron chi connectivity index (χ0n) is 24.2. The lowest BCUT2D eigenvalue weighted by Crippen LogP contribution is -2.48. The average molecular weight is 610 g/mol. The van der Waals surface area contributed by atoms with Gasteiger partial charge in [0.15, 0.2) is 0 Å². The number of piperidine rings is 1. The van der Waals surface area contributed by atoms with Gasteiger partial charge in [-0.2, -0.15) is 0 Å². The largest absolute Gasteiger partial charge is 0.493 e. The summed E-state index contributed by atoms with van der Waals surface area (Å²) in [5.41, 5.74) is 2.46. The summed E-state index contributed by atoms with van der Waals surface area (Å²) in [5, 5.41) is 27.6. The standard InChI is InChI=1S/C33H37ClFN3O5/c1-36-19-21-8-11-25(28(35)17-21)31(39)38-15-3-5-24(20-38)33(42,13-4-14-37-32(40)41)26-6-2-7-27(34)30(26)23-10-9-22-12-16-43-29(22)18-23/h2,6-11,17-18,24,36-37,42H,3-5,12-16,19-20H2,1H3,(H,40,41)/t24-,33+/m1/s1. The van der Waals surface area contributed by atoms with Crippen LogP contribution in [0.15, 0.2) is 54.6 Å². The number of likely N-dealkylation sites (tertiary alicyclic amines) is 1. The number of fused-ring (bicyclic) bond motifs is 1. The number of hydrogen-bond acceptors (Lipinski definition) is 5. The highest BCUT2D eigenvalue weighted by Crippen LogP contribution is 2.46. The lowest BCUT2D eigenvalue weighted by molar-refractivity contribution is -0.0563. The van der Waals surface area contributed by atoms with Crippen molar-refractivity contribution in [3.8, 4) is 16.9 Å². The van der Waals surface area contributed by atoms with E-state index in [-0.39, 0.29) is 25.1 Å². The fourth-order valence-corrected chi connectivity index (χ4v) is 6.66. The van der Waals surface area contributed by atoms with E-state index in [0.717, 1.165) is 28.9 Å². The van der Waals surface area contributed by atoms with Crippen LogP contribution in [0.5, 0.6) is 5.75 Å². The SMILES string of the molecule is CNCc1ccc(C(=O)N2CCC[C@@H]([C@@](O)(CCCNC(=O)O)c3cccc(Cl)c3-c3ccc4c(c3)OCC4)C2)c(F)c1. The van der Waals surface area contributed by atoms with Gasteiger partial charge in [0, 0.05) is 49.1 Å². The van der Waals surface area contributed by atoms with Crippen molar-refractivity contribution < 1.29 is 28.9 Å². The third-order valence-corrected chi connectivity index (χ3v) is 8.82. The number of amides is 2. The summed E-state index contributed by atoms with van der Waals surface area (Å²) in [4.78, 5) is 26.3. The van der Waals surface area contributed by atoms with E-state index >= 15 is 4.39 Å². The first-order valence-electron chi connectivity index (χ1n) is 14.7. The van der Waals surface area contributed by atoms with Crippen LogP contribution in [-0.2, 0) is 18.6 Å². The summed E-state index contributed by atoms with van der Waals surface area (Å²) < 4.78 is 20.8. The van der Waals surface area contributed by atoms with E-state index in [1.54, 1.807) is 30.1 Å². The van der Waals surface area contributed by atoms with Crippen LogP contribution in [0.1, 0.15) is 52.7 Å². The van der Waals surface area contributed by atoms with Gasteiger partial charge in [-0.05, 0) is 79.3 Å². The van der Waals surface area contributed by atoms with Crippen molar-refractivity contribution in [2.75, 3.05) is 33.3 Å². The van der Waals surface area contributed by atoms with Crippen molar-refractivity contribution >= 4 is 23.6 Å². The molecule has 0 aliphatic carbocycles. The van der Waals surface area contributed by atoms with Gasteiger partial charge in [-0.25, -0.2) is 9.18 Å². The number of nitrogens with zero attached hydrogens (tertiary/aromatic N) is 1. The zero-order chi connectivity index (χ0) is 30.6. The lowest BCUT2D eigenvalue weighted by atomic mass is 9.72. The van der Waals surface area contributed by atoms with Gasteiger partial charge in [0.05, 0.1) is 17.8 Å². The summed E-state index contributed by atoms with van der Waals surface area (Å²) >= 11 is 6.82. The molecule has 0 saturated carbocycles. The van der Waals surface area contributed by atoms with E-state index in [4.69, 9.17) is 21.4 Å². The number of hydrogen-bond donors (Lipinski definition) is 4. The molecule has 2 aliphatic heterocycles. The lowest BCUT2D eigenvalue weighted by Gasteiger charge is -2.44. The van der Waals surface area contributed by atoms with E-state index in [0.29, 0.717) is 55.1 Å². The minimum absolute atomic E-state index is 0.00344. The van der Waals surface area contributed by atoms with Crippen LogP contribution >= 0.6 is 11.6 Å². The van der Waals surface area contributed by atoms with Crippen LogP contribution < -0.4 is 15.4 Å². The van der Waals surface area contributed by atoms with Crippen molar-refractivity contribution in [2.45, 2.75) is 44.2 Å². The number of halogens is 2. The predicted molar refractivity (Wildman–Crippen MR) is 163 cm³/mol. The Hall–Kier alpha value is -3.66. The Morgan fingerprint density at radius 2 is 2.02 bits per heavy atom. The monoisotopic (exact) mass is 609 g/mol. The second-order valence-corrected chi connectivity index (χ2v) is 11.7. The average Bonchev–Trinajstić information content (AvgIpc) is 3.47. The maximum absolute atomic E-state index is 15.0. The van der Waals surface area contributed by atoms with Gasteiger partial charge in [-0.1, -0.05) is 41.9 Å². The Morgan fingerprint density at radius 1 is 1.19 bits per heavy atom. The maximum atomic E-state index is 15.0. The molecule has 0 aromatic heterocycles. The number of nitrogens with one attached hydrogen (secondary N) is 2. The molecule has 1 saturated heterocycles. The summed E-state index contributed by atoms with van der Waals surface area (Å²) in [6.45, 7) is 1.89. The van der Waals surface area contributed by atoms with E-state index < -0.39 is 29.3 Å². The molecular formula is C33H37ClFN3O5. The van der Waals surface area contributed by atoms with Crippen LogP contribution in [-0.4, -0.2) is 60.4 Å². The molecule has 4 N–H and O–H groups in total. The van der Waals surface area contributed by atoms with Crippen molar-refractivity contribution in [2.24, 2.45) is 5.92 Å². The highest BCUT2D eigenvalue weighted by molar-refractivity contribution is 6.33. The van der Waals surface area contributed by atoms with E-state index in [9.17, 15) is 14.7 Å².